The Hall–Kier alpha value is -2.46. The molecule has 0 saturated carbocycles. The van der Waals surface area contributed by atoms with Crippen LogP contribution in [0, 0.1) is 5.92 Å². The third kappa shape index (κ3) is 5.96. The van der Waals surface area contributed by atoms with Gasteiger partial charge in [-0.15, -0.1) is 0 Å². The van der Waals surface area contributed by atoms with Gasteiger partial charge < -0.3 is 14.8 Å². The molecule has 2 fully saturated rings. The largest absolute Gasteiger partial charge is 0.497 e. The number of sulfonamides is 1. The average molecular weight is 488 g/mol. The minimum absolute atomic E-state index is 0.100. The van der Waals surface area contributed by atoms with Crippen molar-refractivity contribution < 1.29 is 22.7 Å². The van der Waals surface area contributed by atoms with Crippen LogP contribution in [0.3, 0.4) is 0 Å². The van der Waals surface area contributed by atoms with Gasteiger partial charge in [0.2, 0.25) is 15.9 Å². The molecule has 9 heteroatoms. The summed E-state index contributed by atoms with van der Waals surface area (Å²) >= 11 is 0. The highest BCUT2D eigenvalue weighted by Crippen LogP contribution is 2.26. The quantitative estimate of drug-likeness (QED) is 0.615. The highest BCUT2D eigenvalue weighted by atomic mass is 32.2. The minimum Gasteiger partial charge on any atom is -0.497 e. The maximum atomic E-state index is 13.3. The summed E-state index contributed by atoms with van der Waals surface area (Å²) in [5, 5.41) is 3.22. The Labute approximate surface area is 201 Å². The molecule has 2 saturated heterocycles. The molecular weight excluding hydrogens is 454 g/mol. The van der Waals surface area contributed by atoms with Crippen molar-refractivity contribution in [2.24, 2.45) is 5.92 Å². The Morgan fingerprint density at radius 2 is 1.79 bits per heavy atom. The molecule has 2 aliphatic heterocycles. The molecule has 2 aromatic carbocycles. The average Bonchev–Trinajstić information content (AvgIpc) is 2.89. The third-order valence-electron chi connectivity index (χ3n) is 6.52. The SMILES string of the molecule is COc1ccc(S(=O)(=O)N2CCC[C@@H](C(=O)N[C@H](CN3CCOCC3)c3ccccc3)C2)cc1. The van der Waals surface area contributed by atoms with E-state index in [0.717, 1.165) is 18.7 Å². The summed E-state index contributed by atoms with van der Waals surface area (Å²) in [6, 6.07) is 16.1. The maximum absolute atomic E-state index is 13.3. The van der Waals surface area contributed by atoms with Crippen molar-refractivity contribution in [1.82, 2.24) is 14.5 Å². The third-order valence-corrected chi connectivity index (χ3v) is 8.39. The standard InChI is InChI=1S/C25H33N3O5S/c1-32-22-9-11-23(12-10-22)34(30,31)28-13-5-8-21(18-28)25(29)26-24(20-6-3-2-4-7-20)19-27-14-16-33-17-15-27/h2-4,6-7,9-12,21,24H,5,8,13-19H2,1H3,(H,26,29)/t21-,24-/m1/s1. The summed E-state index contributed by atoms with van der Waals surface area (Å²) < 4.78 is 38.4. The van der Waals surface area contributed by atoms with Crippen LogP contribution in [0.5, 0.6) is 5.75 Å². The Balaban J connectivity index is 1.45. The fraction of sp³-hybridized carbons (Fsp3) is 0.480. The molecule has 2 aromatic rings. The molecule has 34 heavy (non-hydrogen) atoms. The Bertz CT molecular complexity index is 1040. The van der Waals surface area contributed by atoms with Crippen LogP contribution in [0.4, 0.5) is 0 Å². The summed E-state index contributed by atoms with van der Waals surface area (Å²) in [6.45, 7) is 4.33. The van der Waals surface area contributed by atoms with Gasteiger partial charge in [-0.25, -0.2) is 8.42 Å². The van der Waals surface area contributed by atoms with Crippen LogP contribution in [0.15, 0.2) is 59.5 Å². The number of carbonyl (C=O) groups excluding carboxylic acids is 1. The van der Waals surface area contributed by atoms with E-state index in [-0.39, 0.29) is 23.4 Å². The number of hydrogen-bond donors (Lipinski definition) is 1. The van der Waals surface area contributed by atoms with Gasteiger partial charge in [0, 0.05) is 32.7 Å². The second kappa shape index (κ2) is 11.3. The monoisotopic (exact) mass is 487 g/mol. The smallest absolute Gasteiger partial charge is 0.243 e. The molecule has 0 spiro atoms. The van der Waals surface area contributed by atoms with E-state index in [9.17, 15) is 13.2 Å². The van der Waals surface area contributed by atoms with Crippen molar-refractivity contribution in [3.8, 4) is 5.75 Å². The van der Waals surface area contributed by atoms with E-state index in [1.165, 1.54) is 4.31 Å². The normalized spacial score (nSPS) is 21.0. The van der Waals surface area contributed by atoms with Gasteiger partial charge in [0.05, 0.1) is 37.2 Å². The Morgan fingerprint density at radius 1 is 1.09 bits per heavy atom. The lowest BCUT2D eigenvalue weighted by Crippen LogP contribution is -2.48. The second-order valence-corrected chi connectivity index (χ2v) is 10.7. The zero-order valence-corrected chi connectivity index (χ0v) is 20.4. The molecule has 0 aliphatic carbocycles. The lowest BCUT2D eigenvalue weighted by molar-refractivity contribution is -0.127. The lowest BCUT2D eigenvalue weighted by Gasteiger charge is -2.34. The number of hydrogen-bond acceptors (Lipinski definition) is 6. The van der Waals surface area contributed by atoms with Gasteiger partial charge in [-0.05, 0) is 42.7 Å². The zero-order valence-electron chi connectivity index (χ0n) is 19.6. The van der Waals surface area contributed by atoms with Gasteiger partial charge in [-0.1, -0.05) is 30.3 Å². The molecular formula is C25H33N3O5S. The van der Waals surface area contributed by atoms with Crippen LogP contribution in [0.1, 0.15) is 24.4 Å². The van der Waals surface area contributed by atoms with Gasteiger partial charge in [-0.3, -0.25) is 9.69 Å². The van der Waals surface area contributed by atoms with Crippen molar-refractivity contribution in [1.29, 1.82) is 0 Å². The molecule has 2 atom stereocenters. The van der Waals surface area contributed by atoms with Crippen LogP contribution in [0.2, 0.25) is 0 Å². The summed E-state index contributed by atoms with van der Waals surface area (Å²) in [4.78, 5) is 15.8. The number of carbonyl (C=O) groups is 1. The number of benzene rings is 2. The van der Waals surface area contributed by atoms with Crippen LogP contribution in [0.25, 0.3) is 0 Å². The predicted octanol–water partition coefficient (Wildman–Crippen LogP) is 2.29. The van der Waals surface area contributed by atoms with Gasteiger partial charge in [0.15, 0.2) is 0 Å². The van der Waals surface area contributed by atoms with E-state index in [2.05, 4.69) is 10.2 Å². The van der Waals surface area contributed by atoms with E-state index in [0.29, 0.717) is 44.9 Å². The molecule has 4 rings (SSSR count). The fourth-order valence-electron chi connectivity index (χ4n) is 4.52. The predicted molar refractivity (Wildman–Crippen MR) is 129 cm³/mol. The molecule has 0 bridgehead atoms. The number of morpholine rings is 1. The van der Waals surface area contributed by atoms with E-state index < -0.39 is 15.9 Å². The summed E-state index contributed by atoms with van der Waals surface area (Å²) in [5.74, 6) is 0.108. The topological polar surface area (TPSA) is 88.2 Å². The van der Waals surface area contributed by atoms with Crippen molar-refractivity contribution in [3.63, 3.8) is 0 Å². The number of nitrogens with one attached hydrogen (secondary N) is 1. The van der Waals surface area contributed by atoms with Gasteiger partial charge >= 0.3 is 0 Å². The van der Waals surface area contributed by atoms with E-state index in [1.807, 2.05) is 30.3 Å². The van der Waals surface area contributed by atoms with Crippen LogP contribution in [-0.2, 0) is 19.6 Å². The first-order valence-electron chi connectivity index (χ1n) is 11.8. The molecule has 0 unspecified atom stereocenters. The van der Waals surface area contributed by atoms with Crippen molar-refractivity contribution >= 4 is 15.9 Å². The minimum atomic E-state index is -3.68. The highest BCUT2D eigenvalue weighted by molar-refractivity contribution is 7.89. The van der Waals surface area contributed by atoms with Crippen LogP contribution >= 0.6 is 0 Å². The number of ether oxygens (including phenoxy) is 2. The molecule has 0 aromatic heterocycles. The van der Waals surface area contributed by atoms with Crippen LogP contribution < -0.4 is 10.1 Å². The van der Waals surface area contributed by atoms with Gasteiger partial charge in [-0.2, -0.15) is 4.31 Å². The molecule has 2 aliphatic rings. The summed E-state index contributed by atoms with van der Waals surface area (Å²) in [7, 11) is -2.14. The number of amides is 1. The van der Waals surface area contributed by atoms with Gasteiger partial charge in [0.25, 0.3) is 0 Å². The van der Waals surface area contributed by atoms with Gasteiger partial charge in [0.1, 0.15) is 5.75 Å². The Kier molecular flexibility index (Phi) is 8.20. The van der Waals surface area contributed by atoms with Crippen molar-refractivity contribution in [3.05, 3.63) is 60.2 Å². The molecule has 2 heterocycles. The molecule has 8 nitrogen and oxygen atoms in total. The number of rotatable bonds is 8. The van der Waals surface area contributed by atoms with E-state index in [4.69, 9.17) is 9.47 Å². The number of methoxy groups -OCH3 is 1. The fourth-order valence-corrected chi connectivity index (χ4v) is 6.05. The molecule has 0 radical (unpaired) electrons. The lowest BCUT2D eigenvalue weighted by atomic mass is 9.97. The second-order valence-electron chi connectivity index (χ2n) is 8.76. The van der Waals surface area contributed by atoms with E-state index >= 15 is 0 Å². The Morgan fingerprint density at radius 3 is 2.47 bits per heavy atom. The zero-order chi connectivity index (χ0) is 24.0. The van der Waals surface area contributed by atoms with E-state index in [1.54, 1.807) is 31.4 Å². The first-order valence-corrected chi connectivity index (χ1v) is 13.2. The van der Waals surface area contributed by atoms with Crippen molar-refractivity contribution in [2.75, 3.05) is 53.0 Å². The summed E-state index contributed by atoms with van der Waals surface area (Å²) in [5.41, 5.74) is 1.04. The first-order chi connectivity index (χ1) is 16.5. The maximum Gasteiger partial charge on any atom is 0.243 e. The highest BCUT2D eigenvalue weighted by Gasteiger charge is 2.34. The first kappa shape index (κ1) is 24.7. The van der Waals surface area contributed by atoms with Crippen molar-refractivity contribution in [2.45, 2.75) is 23.8 Å². The van der Waals surface area contributed by atoms with Crippen LogP contribution in [-0.4, -0.2) is 76.6 Å². The molecule has 1 amide bonds. The number of piperidine rings is 1. The molecule has 184 valence electrons. The summed E-state index contributed by atoms with van der Waals surface area (Å²) in [6.07, 6.45) is 1.31. The number of nitrogens with zero attached hydrogens (tertiary/aromatic N) is 2. The molecule has 1 N–H and O–H groups in total.